The van der Waals surface area contributed by atoms with Crippen molar-refractivity contribution in [3.63, 3.8) is 0 Å². The summed E-state index contributed by atoms with van der Waals surface area (Å²) < 4.78 is 26.4. The van der Waals surface area contributed by atoms with Crippen molar-refractivity contribution in [3.05, 3.63) is 37.6 Å². The van der Waals surface area contributed by atoms with Crippen molar-refractivity contribution >= 4 is 38.7 Å². The maximum absolute atomic E-state index is 12.5. The Morgan fingerprint density at radius 3 is 2.20 bits per heavy atom. The Kier molecular flexibility index (Phi) is 11.1. The molecular formula is C22H36ClN4O7S+. The van der Waals surface area contributed by atoms with E-state index in [-0.39, 0.29) is 34.6 Å². The van der Waals surface area contributed by atoms with Crippen LogP contribution in [0.1, 0.15) is 20.3 Å². The van der Waals surface area contributed by atoms with Crippen LogP contribution >= 0.6 is 11.6 Å². The lowest BCUT2D eigenvalue weighted by molar-refractivity contribution is -0.870. The summed E-state index contributed by atoms with van der Waals surface area (Å²) in [6, 6.07) is 2.55. The first-order valence-electron chi connectivity index (χ1n) is 10.9. The summed E-state index contributed by atoms with van der Waals surface area (Å²) in [6.45, 7) is 5.59. The van der Waals surface area contributed by atoms with Gasteiger partial charge in [-0.05, 0) is 18.1 Å². The number of aromatic hydroxyl groups is 1. The predicted octanol–water partition coefficient (Wildman–Crippen LogP) is 1.71. The van der Waals surface area contributed by atoms with Gasteiger partial charge in [0.2, 0.25) is 0 Å². The van der Waals surface area contributed by atoms with E-state index in [1.54, 1.807) is 0 Å². The molecule has 11 nitrogen and oxygen atoms in total. The molecule has 13 heteroatoms. The maximum atomic E-state index is 12.5. The van der Waals surface area contributed by atoms with Crippen LogP contribution in [0, 0.1) is 5.92 Å². The molecule has 0 aromatic heterocycles. The van der Waals surface area contributed by atoms with Crippen molar-refractivity contribution in [3.8, 4) is 5.75 Å². The summed E-state index contributed by atoms with van der Waals surface area (Å²) in [5, 5.41) is 24.2. The average Bonchev–Trinajstić information content (AvgIpc) is 2.77. The highest BCUT2D eigenvalue weighted by molar-refractivity contribution is 7.89. The SMILES string of the molecule is CCC(C)CNc1c(Nc2ccc(Cl)c(S(=O)(=O)N(C)OC)c2O)c(=O)c1=O.C[N+](C)(C)CCO. The molecule has 0 saturated carbocycles. The van der Waals surface area contributed by atoms with Gasteiger partial charge in [0, 0.05) is 13.6 Å². The first-order chi connectivity index (χ1) is 16.1. The van der Waals surface area contributed by atoms with Crippen molar-refractivity contribution in [2.75, 3.05) is 65.6 Å². The molecule has 0 aliphatic rings. The summed E-state index contributed by atoms with van der Waals surface area (Å²) in [4.78, 5) is 27.9. The van der Waals surface area contributed by atoms with E-state index < -0.39 is 31.5 Å². The minimum Gasteiger partial charge on any atom is -0.504 e. The van der Waals surface area contributed by atoms with Crippen LogP contribution in [0.5, 0.6) is 5.75 Å². The zero-order valence-electron chi connectivity index (χ0n) is 21.2. The number of phenols is 1. The summed E-state index contributed by atoms with van der Waals surface area (Å²) in [5.74, 6) is -0.417. The van der Waals surface area contributed by atoms with Crippen LogP contribution < -0.4 is 21.5 Å². The molecule has 0 aliphatic heterocycles. The lowest BCUT2D eigenvalue weighted by Gasteiger charge is -2.21. The molecule has 2 rings (SSSR count). The monoisotopic (exact) mass is 535 g/mol. The summed E-state index contributed by atoms with van der Waals surface area (Å²) in [6.07, 6.45) is 0.886. The lowest BCUT2D eigenvalue weighted by Crippen LogP contribution is -2.37. The molecule has 1 unspecified atom stereocenters. The number of sulfonamides is 1. The van der Waals surface area contributed by atoms with Crippen molar-refractivity contribution in [2.45, 2.75) is 25.2 Å². The molecule has 0 bridgehead atoms. The van der Waals surface area contributed by atoms with Gasteiger partial charge in [-0.2, -0.15) is 0 Å². The van der Waals surface area contributed by atoms with Crippen molar-refractivity contribution in [1.29, 1.82) is 0 Å². The Balaban J connectivity index is 0.000000762. The van der Waals surface area contributed by atoms with E-state index >= 15 is 0 Å². The third-order valence-electron chi connectivity index (χ3n) is 5.20. The second-order valence-corrected chi connectivity index (χ2v) is 11.3. The van der Waals surface area contributed by atoms with Crippen LogP contribution in [0.4, 0.5) is 17.1 Å². The van der Waals surface area contributed by atoms with Crippen molar-refractivity contribution in [2.24, 2.45) is 5.92 Å². The zero-order valence-corrected chi connectivity index (χ0v) is 22.7. The number of benzene rings is 1. The van der Waals surface area contributed by atoms with Crippen molar-refractivity contribution in [1.82, 2.24) is 4.47 Å². The maximum Gasteiger partial charge on any atom is 0.269 e. The minimum absolute atomic E-state index is 0.0469. The molecule has 0 radical (unpaired) electrons. The number of anilines is 3. The van der Waals surface area contributed by atoms with Crippen molar-refractivity contribution < 1.29 is 28.0 Å². The highest BCUT2D eigenvalue weighted by atomic mass is 35.5. The van der Waals surface area contributed by atoms with Crippen LogP contribution in [0.25, 0.3) is 0 Å². The van der Waals surface area contributed by atoms with E-state index in [2.05, 4.69) is 36.6 Å². The molecule has 2 aromatic carbocycles. The molecular weight excluding hydrogens is 500 g/mol. The number of likely N-dealkylation sites (N-methyl/N-ethyl adjacent to an activating group) is 1. The van der Waals surface area contributed by atoms with Gasteiger partial charge in [-0.1, -0.05) is 36.3 Å². The molecule has 35 heavy (non-hydrogen) atoms. The molecule has 0 fully saturated rings. The van der Waals surface area contributed by atoms with E-state index in [1.807, 2.05) is 13.8 Å². The normalized spacial score (nSPS) is 12.9. The fourth-order valence-electron chi connectivity index (χ4n) is 2.65. The number of halogens is 1. The molecule has 0 amide bonds. The van der Waals surface area contributed by atoms with Gasteiger partial charge in [-0.15, -0.1) is 0 Å². The number of rotatable bonds is 11. The number of aliphatic hydroxyl groups excluding tert-OH is 1. The highest BCUT2D eigenvalue weighted by Gasteiger charge is 2.30. The Bertz CT molecular complexity index is 1170. The second-order valence-electron chi connectivity index (χ2n) is 9.04. The second kappa shape index (κ2) is 12.7. The Labute approximate surface area is 211 Å². The molecule has 0 heterocycles. The molecule has 0 spiro atoms. The van der Waals surface area contributed by atoms with Crippen LogP contribution in [0.15, 0.2) is 26.6 Å². The first kappa shape index (κ1) is 30.8. The van der Waals surface area contributed by atoms with Crippen LogP contribution in [-0.4, -0.2) is 82.6 Å². The lowest BCUT2D eigenvalue weighted by atomic mass is 10.1. The minimum atomic E-state index is -4.25. The number of nitrogens with zero attached hydrogens (tertiary/aromatic N) is 2. The van der Waals surface area contributed by atoms with E-state index in [4.69, 9.17) is 16.7 Å². The standard InChI is InChI=1S/C17H22ClN3O6S.C5H14NO/c1-5-9(2)8-19-12-13(16(24)15(12)23)20-11-7-6-10(18)17(14(11)22)28(25,26)21(3)27-4;1-6(2,3)4-5-7/h6-7,9,19-20,22H,5,8H2,1-4H3;7H,4-5H2,1-3H3/q;+1. The number of nitrogens with one attached hydrogen (secondary N) is 2. The summed E-state index contributed by atoms with van der Waals surface area (Å²) in [7, 11) is 4.18. The number of aliphatic hydroxyl groups is 1. The Morgan fingerprint density at radius 1 is 1.17 bits per heavy atom. The zero-order chi connectivity index (χ0) is 27.1. The number of hydroxylamine groups is 1. The molecule has 0 saturated heterocycles. The highest BCUT2D eigenvalue weighted by Crippen LogP contribution is 2.39. The van der Waals surface area contributed by atoms with Crippen LogP contribution in [-0.2, 0) is 14.9 Å². The largest absolute Gasteiger partial charge is 0.504 e. The van der Waals surface area contributed by atoms with Gasteiger partial charge in [-0.3, -0.25) is 14.4 Å². The third kappa shape index (κ3) is 7.89. The molecule has 4 N–H and O–H groups in total. The number of hydrogen-bond acceptors (Lipinski definition) is 9. The number of phenolic OH excluding ortho intramolecular Hbond substituents is 1. The van der Waals surface area contributed by atoms with Gasteiger partial charge in [0.15, 0.2) is 5.75 Å². The van der Waals surface area contributed by atoms with Gasteiger partial charge in [0.05, 0.1) is 45.6 Å². The predicted molar refractivity (Wildman–Crippen MR) is 138 cm³/mol. The van der Waals surface area contributed by atoms with E-state index in [9.17, 15) is 23.1 Å². The number of hydrogen-bond donors (Lipinski definition) is 4. The van der Waals surface area contributed by atoms with Gasteiger partial charge in [-0.25, -0.2) is 8.42 Å². The van der Waals surface area contributed by atoms with Gasteiger partial charge in [0.1, 0.15) is 22.8 Å². The summed E-state index contributed by atoms with van der Waals surface area (Å²) >= 11 is 5.96. The number of quaternary nitrogens is 1. The fraction of sp³-hybridized carbons (Fsp3) is 0.545. The topological polar surface area (TPSA) is 145 Å². The Hall–Kier alpha value is -2.22. The quantitative estimate of drug-likeness (QED) is 0.146. The van der Waals surface area contributed by atoms with Gasteiger partial charge in [0.25, 0.3) is 20.9 Å². The third-order valence-corrected chi connectivity index (χ3v) is 7.38. The molecule has 0 aliphatic carbocycles. The summed E-state index contributed by atoms with van der Waals surface area (Å²) in [5.41, 5.74) is -1.48. The molecule has 198 valence electrons. The van der Waals surface area contributed by atoms with E-state index in [0.29, 0.717) is 11.0 Å². The molecule has 1 atom stereocenters. The molecule has 2 aromatic rings. The van der Waals surface area contributed by atoms with E-state index in [1.165, 1.54) is 12.1 Å². The van der Waals surface area contributed by atoms with E-state index in [0.717, 1.165) is 31.6 Å². The fourth-order valence-corrected chi connectivity index (χ4v) is 4.22. The van der Waals surface area contributed by atoms with Crippen LogP contribution in [0.2, 0.25) is 5.02 Å². The Morgan fingerprint density at radius 2 is 1.74 bits per heavy atom. The smallest absolute Gasteiger partial charge is 0.269 e. The average molecular weight is 536 g/mol. The van der Waals surface area contributed by atoms with Gasteiger partial charge >= 0.3 is 0 Å². The van der Waals surface area contributed by atoms with Crippen LogP contribution in [0.3, 0.4) is 0 Å². The first-order valence-corrected chi connectivity index (χ1v) is 12.7. The van der Waals surface area contributed by atoms with Gasteiger partial charge < -0.3 is 25.3 Å².